The van der Waals surface area contributed by atoms with E-state index in [0.29, 0.717) is 11.6 Å². The van der Waals surface area contributed by atoms with Crippen LogP contribution in [0, 0.1) is 0 Å². The molecule has 0 aromatic heterocycles. The Kier molecular flexibility index (Phi) is 3.62. The Morgan fingerprint density at radius 3 is 2.65 bits per heavy atom. The van der Waals surface area contributed by atoms with Gasteiger partial charge in [0.2, 0.25) is 0 Å². The van der Waals surface area contributed by atoms with Gasteiger partial charge in [-0.1, -0.05) is 6.07 Å². The van der Waals surface area contributed by atoms with Crippen molar-refractivity contribution in [3.63, 3.8) is 0 Å². The molecule has 0 heterocycles. The summed E-state index contributed by atoms with van der Waals surface area (Å²) in [7, 11) is 2.00. The second-order valence-corrected chi connectivity index (χ2v) is 5.20. The number of nitrogens with zero attached hydrogens (tertiary/aromatic N) is 1. The minimum Gasteiger partial charge on any atom is -0.478 e. The van der Waals surface area contributed by atoms with Crippen LogP contribution >= 0.6 is 11.8 Å². The number of aromatic carboxylic acids is 1. The predicted molar refractivity (Wildman–Crippen MR) is 71.2 cm³/mol. The van der Waals surface area contributed by atoms with Crippen LogP contribution < -0.4 is 4.90 Å². The molecule has 17 heavy (non-hydrogen) atoms. The molecule has 4 heteroatoms. The highest BCUT2D eigenvalue weighted by Crippen LogP contribution is 2.34. The lowest BCUT2D eigenvalue weighted by Crippen LogP contribution is -2.38. The Bertz CT molecular complexity index is 429. The first-order valence-electron chi connectivity index (χ1n) is 5.78. The Labute approximate surface area is 106 Å². The van der Waals surface area contributed by atoms with Gasteiger partial charge in [-0.15, -0.1) is 11.8 Å². The topological polar surface area (TPSA) is 40.5 Å². The number of rotatable bonds is 4. The molecule has 0 unspecified atom stereocenters. The van der Waals surface area contributed by atoms with Crippen LogP contribution in [-0.2, 0) is 0 Å². The van der Waals surface area contributed by atoms with Crippen LogP contribution in [0.2, 0.25) is 0 Å². The highest BCUT2D eigenvalue weighted by molar-refractivity contribution is 7.98. The van der Waals surface area contributed by atoms with Crippen molar-refractivity contribution in [2.75, 3.05) is 18.2 Å². The zero-order valence-corrected chi connectivity index (χ0v) is 11.0. The summed E-state index contributed by atoms with van der Waals surface area (Å²) in [5.41, 5.74) is 1.28. The van der Waals surface area contributed by atoms with E-state index in [1.54, 1.807) is 0 Å². The van der Waals surface area contributed by atoms with Gasteiger partial charge >= 0.3 is 5.97 Å². The summed E-state index contributed by atoms with van der Waals surface area (Å²) < 4.78 is 0. The van der Waals surface area contributed by atoms with Crippen molar-refractivity contribution in [1.29, 1.82) is 0 Å². The molecule has 0 aliphatic heterocycles. The van der Waals surface area contributed by atoms with Crippen LogP contribution in [0.1, 0.15) is 29.6 Å². The maximum atomic E-state index is 11.4. The lowest BCUT2D eigenvalue weighted by molar-refractivity contribution is 0.0693. The van der Waals surface area contributed by atoms with Gasteiger partial charge in [-0.3, -0.25) is 0 Å². The standard InChI is InChI=1S/C13H17NO2S/c1-14(9-5-3-6-9)10-7-4-8-11(17-2)12(10)13(15)16/h4,7-9H,3,5-6H2,1-2H3,(H,15,16). The minimum atomic E-state index is -0.837. The number of carbonyl (C=O) groups is 1. The van der Waals surface area contributed by atoms with Gasteiger partial charge in [-0.2, -0.15) is 0 Å². The van der Waals surface area contributed by atoms with Gasteiger partial charge < -0.3 is 10.0 Å². The monoisotopic (exact) mass is 251 g/mol. The molecule has 0 amide bonds. The Balaban J connectivity index is 2.40. The van der Waals surface area contributed by atoms with E-state index in [2.05, 4.69) is 4.90 Å². The normalized spacial score (nSPS) is 15.4. The Hall–Kier alpha value is -1.16. The summed E-state index contributed by atoms with van der Waals surface area (Å²) in [4.78, 5) is 14.3. The highest BCUT2D eigenvalue weighted by atomic mass is 32.2. The summed E-state index contributed by atoms with van der Waals surface area (Å²) >= 11 is 1.49. The van der Waals surface area contributed by atoms with Crippen molar-refractivity contribution in [2.45, 2.75) is 30.2 Å². The van der Waals surface area contributed by atoms with Crippen LogP contribution in [0.5, 0.6) is 0 Å². The fraction of sp³-hybridized carbons (Fsp3) is 0.462. The van der Waals surface area contributed by atoms with Crippen LogP contribution in [0.15, 0.2) is 23.1 Å². The SMILES string of the molecule is CSc1cccc(N(C)C2CCC2)c1C(=O)O. The predicted octanol–water partition coefficient (Wildman–Crippen LogP) is 3.10. The van der Waals surface area contributed by atoms with Crippen molar-refractivity contribution in [3.05, 3.63) is 23.8 Å². The molecule has 0 saturated heterocycles. The Morgan fingerprint density at radius 2 is 2.18 bits per heavy atom. The van der Waals surface area contributed by atoms with Crippen molar-refractivity contribution in [2.24, 2.45) is 0 Å². The van der Waals surface area contributed by atoms with E-state index in [9.17, 15) is 9.90 Å². The molecular formula is C13H17NO2S. The van der Waals surface area contributed by atoms with Gasteiger partial charge in [0.05, 0.1) is 11.3 Å². The van der Waals surface area contributed by atoms with E-state index < -0.39 is 5.97 Å². The molecule has 1 saturated carbocycles. The van der Waals surface area contributed by atoms with Gasteiger partial charge in [-0.05, 0) is 37.7 Å². The Morgan fingerprint density at radius 1 is 1.47 bits per heavy atom. The average Bonchev–Trinajstić information content (AvgIpc) is 2.25. The molecule has 1 fully saturated rings. The summed E-state index contributed by atoms with van der Waals surface area (Å²) in [6.07, 6.45) is 5.49. The summed E-state index contributed by atoms with van der Waals surface area (Å²) in [5.74, 6) is -0.837. The summed E-state index contributed by atoms with van der Waals surface area (Å²) in [6.45, 7) is 0. The third-order valence-corrected chi connectivity index (χ3v) is 4.22. The number of benzene rings is 1. The lowest BCUT2D eigenvalue weighted by Gasteiger charge is -2.37. The molecular weight excluding hydrogens is 234 g/mol. The number of carboxylic acid groups (broad SMARTS) is 1. The molecule has 1 aromatic carbocycles. The van der Waals surface area contributed by atoms with Crippen molar-refractivity contribution in [3.8, 4) is 0 Å². The van der Waals surface area contributed by atoms with Crippen LogP contribution in [-0.4, -0.2) is 30.4 Å². The van der Waals surface area contributed by atoms with Gasteiger partial charge in [0.1, 0.15) is 0 Å². The minimum absolute atomic E-state index is 0.439. The maximum absolute atomic E-state index is 11.4. The average molecular weight is 251 g/mol. The number of carboxylic acids is 1. The van der Waals surface area contributed by atoms with E-state index in [1.165, 1.54) is 31.0 Å². The fourth-order valence-electron chi connectivity index (χ4n) is 2.17. The second kappa shape index (κ2) is 5.00. The molecule has 1 aliphatic rings. The van der Waals surface area contributed by atoms with E-state index >= 15 is 0 Å². The zero-order chi connectivity index (χ0) is 12.4. The zero-order valence-electron chi connectivity index (χ0n) is 10.1. The molecule has 1 N–H and O–H groups in total. The number of anilines is 1. The molecule has 92 valence electrons. The van der Waals surface area contributed by atoms with Crippen molar-refractivity contribution < 1.29 is 9.90 Å². The first-order valence-corrected chi connectivity index (χ1v) is 7.00. The second-order valence-electron chi connectivity index (χ2n) is 4.36. The van der Waals surface area contributed by atoms with E-state index in [4.69, 9.17) is 0 Å². The highest BCUT2D eigenvalue weighted by Gasteiger charge is 2.26. The largest absolute Gasteiger partial charge is 0.478 e. The first kappa shape index (κ1) is 12.3. The maximum Gasteiger partial charge on any atom is 0.338 e. The smallest absolute Gasteiger partial charge is 0.338 e. The fourth-order valence-corrected chi connectivity index (χ4v) is 2.78. The number of thioether (sulfide) groups is 1. The third-order valence-electron chi connectivity index (χ3n) is 3.44. The van der Waals surface area contributed by atoms with Crippen LogP contribution in [0.4, 0.5) is 5.69 Å². The molecule has 1 aliphatic carbocycles. The summed E-state index contributed by atoms with van der Waals surface area (Å²) in [6, 6.07) is 6.21. The molecule has 0 bridgehead atoms. The van der Waals surface area contributed by atoms with Gasteiger partial charge in [-0.25, -0.2) is 4.79 Å². The van der Waals surface area contributed by atoms with E-state index in [1.807, 2.05) is 31.5 Å². The van der Waals surface area contributed by atoms with Crippen LogP contribution in [0.25, 0.3) is 0 Å². The van der Waals surface area contributed by atoms with E-state index in [-0.39, 0.29) is 0 Å². The first-order chi connectivity index (χ1) is 8.15. The number of hydrogen-bond donors (Lipinski definition) is 1. The van der Waals surface area contributed by atoms with Crippen molar-refractivity contribution in [1.82, 2.24) is 0 Å². The van der Waals surface area contributed by atoms with Crippen molar-refractivity contribution >= 4 is 23.4 Å². The molecule has 3 nitrogen and oxygen atoms in total. The quantitative estimate of drug-likeness (QED) is 0.835. The molecule has 2 rings (SSSR count). The molecule has 0 radical (unpaired) electrons. The third kappa shape index (κ3) is 2.27. The lowest BCUT2D eigenvalue weighted by atomic mass is 9.91. The van der Waals surface area contributed by atoms with Gasteiger partial charge in [0, 0.05) is 18.0 Å². The summed E-state index contributed by atoms with van der Waals surface area (Å²) in [5, 5.41) is 9.36. The molecule has 0 spiro atoms. The van der Waals surface area contributed by atoms with E-state index in [0.717, 1.165) is 10.6 Å². The van der Waals surface area contributed by atoms with Gasteiger partial charge in [0.15, 0.2) is 0 Å². The van der Waals surface area contributed by atoms with Crippen LogP contribution in [0.3, 0.4) is 0 Å². The van der Waals surface area contributed by atoms with Gasteiger partial charge in [0.25, 0.3) is 0 Å². The number of hydrogen-bond acceptors (Lipinski definition) is 3. The molecule has 0 atom stereocenters. The molecule has 1 aromatic rings.